The van der Waals surface area contributed by atoms with E-state index in [0.29, 0.717) is 30.3 Å². The molecule has 2 aliphatic heterocycles. The third-order valence-electron chi connectivity index (χ3n) is 6.85. The minimum absolute atomic E-state index is 0.120. The molecule has 2 aromatic heterocycles. The van der Waals surface area contributed by atoms with Gasteiger partial charge in [-0.05, 0) is 56.2 Å². The van der Waals surface area contributed by atoms with Crippen LogP contribution in [-0.4, -0.2) is 59.5 Å². The van der Waals surface area contributed by atoms with E-state index in [-0.39, 0.29) is 28.4 Å². The SMILES string of the molecule is CC(C)N1CCN(c2ccc(-c3cc(-c4cc5c(cc4F)C(=O)NCC5)c(N)nc3F)nc2)CC1. The summed E-state index contributed by atoms with van der Waals surface area (Å²) in [6.07, 6.45) is 2.30. The number of anilines is 2. The van der Waals surface area contributed by atoms with Gasteiger partial charge in [-0.25, -0.2) is 9.37 Å². The topological polar surface area (TPSA) is 87.4 Å². The van der Waals surface area contributed by atoms with E-state index >= 15 is 4.39 Å². The number of halogens is 2. The lowest BCUT2D eigenvalue weighted by Crippen LogP contribution is -2.48. The first-order chi connectivity index (χ1) is 16.8. The highest BCUT2D eigenvalue weighted by atomic mass is 19.1. The van der Waals surface area contributed by atoms with Gasteiger partial charge in [0.2, 0.25) is 5.95 Å². The lowest BCUT2D eigenvalue weighted by Gasteiger charge is -2.38. The van der Waals surface area contributed by atoms with E-state index in [9.17, 15) is 9.18 Å². The molecule has 7 nitrogen and oxygen atoms in total. The molecular formula is C26H28F2N6O. The summed E-state index contributed by atoms with van der Waals surface area (Å²) in [6, 6.07) is 8.47. The van der Waals surface area contributed by atoms with Crippen molar-refractivity contribution < 1.29 is 13.6 Å². The Balaban J connectivity index is 1.45. The van der Waals surface area contributed by atoms with Gasteiger partial charge in [-0.1, -0.05) is 0 Å². The molecule has 0 unspecified atom stereocenters. The maximum absolute atomic E-state index is 15.0. The standard InChI is InChI=1S/C26H28F2N6O/c1-15(2)33-7-9-34(10-8-33)17-3-4-23(31-14-17)21-12-20(25(29)32-24(21)28)19-11-16-5-6-30-26(35)18(16)13-22(19)27/h3-4,11-15H,5-10H2,1-2H3,(H2,29,32)(H,30,35). The van der Waals surface area contributed by atoms with Crippen molar-refractivity contribution in [1.29, 1.82) is 0 Å². The van der Waals surface area contributed by atoms with Crippen molar-refractivity contribution in [3.05, 3.63) is 59.4 Å². The number of carbonyl (C=O) groups is 1. The number of carbonyl (C=O) groups excluding carboxylic acids is 1. The second-order valence-corrected chi connectivity index (χ2v) is 9.27. The number of nitrogen functional groups attached to an aromatic ring is 1. The van der Waals surface area contributed by atoms with Crippen LogP contribution in [-0.2, 0) is 6.42 Å². The molecule has 4 heterocycles. The van der Waals surface area contributed by atoms with Crippen molar-refractivity contribution in [3.8, 4) is 22.4 Å². The molecule has 0 atom stereocenters. The van der Waals surface area contributed by atoms with Crippen LogP contribution >= 0.6 is 0 Å². The maximum atomic E-state index is 15.0. The normalized spacial score (nSPS) is 16.4. The number of aromatic nitrogens is 2. The van der Waals surface area contributed by atoms with Crippen LogP contribution in [0.3, 0.4) is 0 Å². The minimum atomic E-state index is -0.769. The van der Waals surface area contributed by atoms with E-state index in [1.54, 1.807) is 18.3 Å². The second-order valence-electron chi connectivity index (χ2n) is 9.27. The van der Waals surface area contributed by atoms with Gasteiger partial charge in [0.25, 0.3) is 5.91 Å². The maximum Gasteiger partial charge on any atom is 0.251 e. The van der Waals surface area contributed by atoms with E-state index in [4.69, 9.17) is 5.73 Å². The monoisotopic (exact) mass is 478 g/mol. The largest absolute Gasteiger partial charge is 0.383 e. The first kappa shape index (κ1) is 23.2. The minimum Gasteiger partial charge on any atom is -0.383 e. The van der Waals surface area contributed by atoms with Crippen LogP contribution in [0.4, 0.5) is 20.3 Å². The van der Waals surface area contributed by atoms with Crippen molar-refractivity contribution in [2.45, 2.75) is 26.3 Å². The van der Waals surface area contributed by atoms with Crippen molar-refractivity contribution in [2.75, 3.05) is 43.4 Å². The van der Waals surface area contributed by atoms with Crippen LogP contribution in [0.25, 0.3) is 22.4 Å². The van der Waals surface area contributed by atoms with Crippen LogP contribution < -0.4 is 16.0 Å². The number of nitrogens with zero attached hydrogens (tertiary/aromatic N) is 4. The van der Waals surface area contributed by atoms with Crippen molar-refractivity contribution in [3.63, 3.8) is 0 Å². The summed E-state index contributed by atoms with van der Waals surface area (Å²) in [4.78, 5) is 25.1. The number of pyridine rings is 2. The Bertz CT molecular complexity index is 1270. The number of amides is 1. The summed E-state index contributed by atoms with van der Waals surface area (Å²) in [5.74, 6) is -1.81. The molecule has 1 aromatic carbocycles. The van der Waals surface area contributed by atoms with Crippen molar-refractivity contribution in [1.82, 2.24) is 20.2 Å². The molecule has 0 saturated carbocycles. The summed E-state index contributed by atoms with van der Waals surface area (Å²) in [5.41, 5.74) is 8.97. The summed E-state index contributed by atoms with van der Waals surface area (Å²) in [5, 5.41) is 2.70. The van der Waals surface area contributed by atoms with Gasteiger partial charge in [-0.3, -0.25) is 14.7 Å². The lowest BCUT2D eigenvalue weighted by atomic mass is 9.94. The van der Waals surface area contributed by atoms with Crippen LogP contribution in [0.2, 0.25) is 0 Å². The molecule has 182 valence electrons. The molecule has 2 aliphatic rings. The number of piperazine rings is 1. The third-order valence-corrected chi connectivity index (χ3v) is 6.85. The van der Waals surface area contributed by atoms with Gasteiger partial charge < -0.3 is 16.0 Å². The van der Waals surface area contributed by atoms with Gasteiger partial charge in [-0.2, -0.15) is 4.39 Å². The summed E-state index contributed by atoms with van der Waals surface area (Å²) < 4.78 is 29.8. The molecule has 5 rings (SSSR count). The molecular weight excluding hydrogens is 450 g/mol. The van der Waals surface area contributed by atoms with E-state index in [0.717, 1.165) is 37.4 Å². The Morgan fingerprint density at radius 2 is 1.77 bits per heavy atom. The zero-order valence-electron chi connectivity index (χ0n) is 19.8. The fourth-order valence-corrected chi connectivity index (χ4v) is 4.78. The molecule has 0 spiro atoms. The fourth-order valence-electron chi connectivity index (χ4n) is 4.78. The van der Waals surface area contributed by atoms with Gasteiger partial charge in [0.1, 0.15) is 11.6 Å². The predicted molar refractivity (Wildman–Crippen MR) is 132 cm³/mol. The molecule has 3 N–H and O–H groups in total. The quantitative estimate of drug-likeness (QED) is 0.559. The molecule has 35 heavy (non-hydrogen) atoms. The zero-order chi connectivity index (χ0) is 24.7. The van der Waals surface area contributed by atoms with Crippen LogP contribution in [0.1, 0.15) is 29.8 Å². The van der Waals surface area contributed by atoms with E-state index < -0.39 is 11.8 Å². The zero-order valence-corrected chi connectivity index (χ0v) is 19.8. The highest BCUT2D eigenvalue weighted by Gasteiger charge is 2.23. The summed E-state index contributed by atoms with van der Waals surface area (Å²) in [6.45, 7) is 8.63. The van der Waals surface area contributed by atoms with Gasteiger partial charge in [-0.15, -0.1) is 0 Å². The van der Waals surface area contributed by atoms with Gasteiger partial charge >= 0.3 is 0 Å². The Labute approximate surface area is 203 Å². The highest BCUT2D eigenvalue weighted by Crippen LogP contribution is 2.34. The number of benzene rings is 1. The third kappa shape index (κ3) is 4.43. The van der Waals surface area contributed by atoms with Crippen LogP contribution in [0.5, 0.6) is 0 Å². The predicted octanol–water partition coefficient (Wildman–Crippen LogP) is 3.49. The molecule has 3 aromatic rings. The van der Waals surface area contributed by atoms with E-state index in [2.05, 4.69) is 38.9 Å². The highest BCUT2D eigenvalue weighted by molar-refractivity contribution is 5.97. The molecule has 0 radical (unpaired) electrons. The molecule has 9 heteroatoms. The number of fused-ring (bicyclic) bond motifs is 1. The first-order valence-electron chi connectivity index (χ1n) is 11.8. The van der Waals surface area contributed by atoms with Gasteiger partial charge in [0.05, 0.1) is 23.1 Å². The number of hydrogen-bond acceptors (Lipinski definition) is 6. The Kier molecular flexibility index (Phi) is 6.10. The van der Waals surface area contributed by atoms with Gasteiger partial charge in [0, 0.05) is 55.5 Å². The number of hydrogen-bond donors (Lipinski definition) is 2. The van der Waals surface area contributed by atoms with Gasteiger partial charge in [0.15, 0.2) is 0 Å². The van der Waals surface area contributed by atoms with E-state index in [1.807, 2.05) is 6.07 Å². The Hall–Kier alpha value is -3.59. The first-order valence-corrected chi connectivity index (χ1v) is 11.8. The lowest BCUT2D eigenvalue weighted by molar-refractivity contribution is 0.0945. The van der Waals surface area contributed by atoms with Crippen molar-refractivity contribution >= 4 is 17.4 Å². The van der Waals surface area contributed by atoms with E-state index in [1.165, 1.54) is 12.1 Å². The Morgan fingerprint density at radius 1 is 1.00 bits per heavy atom. The average Bonchev–Trinajstić information content (AvgIpc) is 2.85. The number of rotatable bonds is 4. The molecule has 0 aliphatic carbocycles. The summed E-state index contributed by atoms with van der Waals surface area (Å²) in [7, 11) is 0. The molecule has 1 saturated heterocycles. The number of nitrogens with one attached hydrogen (secondary N) is 1. The Morgan fingerprint density at radius 3 is 2.46 bits per heavy atom. The van der Waals surface area contributed by atoms with Crippen LogP contribution in [0.15, 0.2) is 36.5 Å². The smallest absolute Gasteiger partial charge is 0.251 e. The molecule has 1 fully saturated rings. The number of nitrogens with two attached hydrogens (primary N) is 1. The second kappa shape index (κ2) is 9.22. The average molecular weight is 479 g/mol. The van der Waals surface area contributed by atoms with Crippen molar-refractivity contribution in [2.24, 2.45) is 0 Å². The molecule has 1 amide bonds. The molecule has 0 bridgehead atoms. The van der Waals surface area contributed by atoms with Crippen LogP contribution in [0, 0.1) is 11.8 Å². The summed E-state index contributed by atoms with van der Waals surface area (Å²) >= 11 is 0. The fraction of sp³-hybridized carbons (Fsp3) is 0.346.